The van der Waals surface area contributed by atoms with Crippen LogP contribution in [-0.4, -0.2) is 5.91 Å². The molecule has 1 atom stereocenters. The summed E-state index contributed by atoms with van der Waals surface area (Å²) in [5.41, 5.74) is 11.6. The molecule has 4 N–H and O–H groups in total. The maximum atomic E-state index is 10.6. The Hall–Kier alpha value is -0.580. The van der Waals surface area contributed by atoms with Crippen LogP contribution in [0.1, 0.15) is 18.0 Å². The first-order chi connectivity index (χ1) is 6.50. The van der Waals surface area contributed by atoms with E-state index in [1.807, 2.05) is 0 Å². The Labute approximate surface area is 95.5 Å². The molecule has 0 heterocycles. The van der Waals surface area contributed by atoms with Crippen molar-refractivity contribution in [3.05, 3.63) is 33.3 Å². The minimum atomic E-state index is -0.413. The molecule has 14 heavy (non-hydrogen) atoms. The van der Waals surface area contributed by atoms with E-state index >= 15 is 0 Å². The summed E-state index contributed by atoms with van der Waals surface area (Å²) >= 11 is 9.09. The molecule has 3 nitrogen and oxygen atoms in total. The third-order valence-corrected chi connectivity index (χ3v) is 3.01. The molecule has 0 aliphatic heterocycles. The molecule has 0 saturated heterocycles. The zero-order chi connectivity index (χ0) is 10.7. The van der Waals surface area contributed by atoms with Gasteiger partial charge in [0.2, 0.25) is 5.91 Å². The van der Waals surface area contributed by atoms with E-state index in [1.54, 1.807) is 18.2 Å². The Morgan fingerprint density at radius 1 is 1.57 bits per heavy atom. The largest absolute Gasteiger partial charge is 0.370 e. The summed E-state index contributed by atoms with van der Waals surface area (Å²) in [6.07, 6.45) is 0.133. The Bertz CT molecular complexity index is 357. The SMILES string of the molecule is NC(=O)C[C@@H](N)c1ccc(Cl)c(Br)c1. The molecule has 5 heteroatoms. The smallest absolute Gasteiger partial charge is 0.219 e. The number of hydrogen-bond donors (Lipinski definition) is 2. The zero-order valence-corrected chi connectivity index (χ0v) is 9.68. The lowest BCUT2D eigenvalue weighted by Crippen LogP contribution is -2.20. The minimum Gasteiger partial charge on any atom is -0.370 e. The van der Waals surface area contributed by atoms with Crippen LogP contribution in [0.5, 0.6) is 0 Å². The number of carbonyl (C=O) groups is 1. The summed E-state index contributed by atoms with van der Waals surface area (Å²) in [5.74, 6) is -0.413. The van der Waals surface area contributed by atoms with E-state index in [-0.39, 0.29) is 12.5 Å². The van der Waals surface area contributed by atoms with Gasteiger partial charge in [-0.1, -0.05) is 17.7 Å². The number of halogens is 2. The number of amides is 1. The van der Waals surface area contributed by atoms with Crippen LogP contribution >= 0.6 is 27.5 Å². The maximum Gasteiger partial charge on any atom is 0.219 e. The van der Waals surface area contributed by atoms with Crippen LogP contribution in [-0.2, 0) is 4.79 Å². The second kappa shape index (κ2) is 4.77. The fraction of sp³-hybridized carbons (Fsp3) is 0.222. The Morgan fingerprint density at radius 2 is 2.21 bits per heavy atom. The van der Waals surface area contributed by atoms with Crippen LogP contribution in [0.15, 0.2) is 22.7 Å². The molecular weight excluding hydrogens is 267 g/mol. The van der Waals surface area contributed by atoms with Gasteiger partial charge in [0.05, 0.1) is 5.02 Å². The first-order valence-electron chi connectivity index (χ1n) is 3.99. The standard InChI is InChI=1S/C9H10BrClN2O/c10-6-3-5(1-2-7(6)11)8(12)4-9(13)14/h1-3,8H,4,12H2,(H2,13,14)/t8-/m1/s1. The number of carbonyl (C=O) groups excluding carboxylic acids is 1. The third-order valence-electron chi connectivity index (χ3n) is 1.79. The van der Waals surface area contributed by atoms with Gasteiger partial charge in [0, 0.05) is 16.9 Å². The van der Waals surface area contributed by atoms with Crippen LogP contribution in [0.3, 0.4) is 0 Å². The van der Waals surface area contributed by atoms with Crippen LogP contribution in [0.2, 0.25) is 5.02 Å². The van der Waals surface area contributed by atoms with E-state index in [1.165, 1.54) is 0 Å². The fourth-order valence-electron chi connectivity index (χ4n) is 1.08. The average Bonchev–Trinajstić information content (AvgIpc) is 2.08. The Morgan fingerprint density at radius 3 is 2.71 bits per heavy atom. The van der Waals surface area contributed by atoms with Gasteiger partial charge in [-0.3, -0.25) is 4.79 Å². The highest BCUT2D eigenvalue weighted by molar-refractivity contribution is 9.10. The van der Waals surface area contributed by atoms with Gasteiger partial charge in [0.25, 0.3) is 0 Å². The van der Waals surface area contributed by atoms with Gasteiger partial charge in [-0.15, -0.1) is 0 Å². The maximum absolute atomic E-state index is 10.6. The van der Waals surface area contributed by atoms with Crippen molar-refractivity contribution in [2.24, 2.45) is 11.5 Å². The van der Waals surface area contributed by atoms with Gasteiger partial charge in [-0.05, 0) is 33.6 Å². The van der Waals surface area contributed by atoms with Crippen molar-refractivity contribution in [1.29, 1.82) is 0 Å². The topological polar surface area (TPSA) is 69.1 Å². The number of rotatable bonds is 3. The molecule has 0 saturated carbocycles. The summed E-state index contributed by atoms with van der Waals surface area (Å²) in [7, 11) is 0. The van der Waals surface area contributed by atoms with E-state index in [9.17, 15) is 4.79 Å². The Kier molecular flexibility index (Phi) is 3.92. The Balaban J connectivity index is 2.85. The normalized spacial score (nSPS) is 12.5. The molecule has 0 unspecified atom stereocenters. The monoisotopic (exact) mass is 276 g/mol. The molecule has 1 aromatic carbocycles. The lowest BCUT2D eigenvalue weighted by molar-refractivity contribution is -0.118. The second-order valence-electron chi connectivity index (χ2n) is 2.95. The summed E-state index contributed by atoms with van der Waals surface area (Å²) in [6.45, 7) is 0. The first kappa shape index (κ1) is 11.5. The summed E-state index contributed by atoms with van der Waals surface area (Å²) < 4.78 is 0.761. The molecular formula is C9H10BrClN2O. The molecule has 0 aromatic heterocycles. The van der Waals surface area contributed by atoms with Crippen LogP contribution in [0.25, 0.3) is 0 Å². The molecule has 0 radical (unpaired) electrons. The number of primary amides is 1. The van der Waals surface area contributed by atoms with Crippen molar-refractivity contribution >= 4 is 33.4 Å². The average molecular weight is 278 g/mol. The first-order valence-corrected chi connectivity index (χ1v) is 5.16. The molecule has 1 aromatic rings. The van der Waals surface area contributed by atoms with E-state index in [2.05, 4.69) is 15.9 Å². The molecule has 0 bridgehead atoms. The number of hydrogen-bond acceptors (Lipinski definition) is 2. The molecule has 0 spiro atoms. The van der Waals surface area contributed by atoms with E-state index < -0.39 is 5.91 Å². The van der Waals surface area contributed by atoms with Crippen molar-refractivity contribution in [2.75, 3.05) is 0 Å². The van der Waals surface area contributed by atoms with E-state index in [0.29, 0.717) is 5.02 Å². The highest BCUT2D eigenvalue weighted by Gasteiger charge is 2.10. The fourth-order valence-corrected chi connectivity index (χ4v) is 1.59. The number of nitrogens with two attached hydrogens (primary N) is 2. The quantitative estimate of drug-likeness (QED) is 0.887. The highest BCUT2D eigenvalue weighted by atomic mass is 79.9. The molecule has 76 valence electrons. The van der Waals surface area contributed by atoms with Crippen LogP contribution in [0, 0.1) is 0 Å². The van der Waals surface area contributed by atoms with Gasteiger partial charge in [-0.2, -0.15) is 0 Å². The molecule has 0 aliphatic rings. The summed E-state index contributed by atoms with van der Waals surface area (Å²) in [4.78, 5) is 10.6. The van der Waals surface area contributed by atoms with Crippen LogP contribution in [0.4, 0.5) is 0 Å². The van der Waals surface area contributed by atoms with Crippen molar-refractivity contribution in [3.8, 4) is 0 Å². The van der Waals surface area contributed by atoms with Crippen molar-refractivity contribution in [3.63, 3.8) is 0 Å². The second-order valence-corrected chi connectivity index (χ2v) is 4.21. The van der Waals surface area contributed by atoms with Gasteiger partial charge >= 0.3 is 0 Å². The van der Waals surface area contributed by atoms with Crippen molar-refractivity contribution in [2.45, 2.75) is 12.5 Å². The van der Waals surface area contributed by atoms with E-state index in [4.69, 9.17) is 23.1 Å². The predicted molar refractivity (Wildman–Crippen MR) is 59.9 cm³/mol. The third kappa shape index (κ3) is 2.97. The lowest BCUT2D eigenvalue weighted by atomic mass is 10.0. The van der Waals surface area contributed by atoms with E-state index in [0.717, 1.165) is 10.0 Å². The van der Waals surface area contributed by atoms with Gasteiger partial charge in [-0.25, -0.2) is 0 Å². The summed E-state index contributed by atoms with van der Waals surface area (Å²) in [5, 5.41) is 0.611. The molecule has 0 fully saturated rings. The lowest BCUT2D eigenvalue weighted by Gasteiger charge is -2.10. The highest BCUT2D eigenvalue weighted by Crippen LogP contribution is 2.26. The zero-order valence-electron chi connectivity index (χ0n) is 7.34. The van der Waals surface area contributed by atoms with Crippen LogP contribution < -0.4 is 11.5 Å². The molecule has 1 amide bonds. The van der Waals surface area contributed by atoms with Crippen molar-refractivity contribution < 1.29 is 4.79 Å². The van der Waals surface area contributed by atoms with Gasteiger partial charge in [0.1, 0.15) is 0 Å². The summed E-state index contributed by atoms with van der Waals surface area (Å²) in [6, 6.07) is 4.92. The van der Waals surface area contributed by atoms with Gasteiger partial charge < -0.3 is 11.5 Å². The molecule has 1 rings (SSSR count). The minimum absolute atomic E-state index is 0.133. The van der Waals surface area contributed by atoms with Crippen molar-refractivity contribution in [1.82, 2.24) is 0 Å². The number of benzene rings is 1. The molecule has 0 aliphatic carbocycles. The van der Waals surface area contributed by atoms with Gasteiger partial charge in [0.15, 0.2) is 0 Å². The predicted octanol–water partition coefficient (Wildman–Crippen LogP) is 1.98.